The van der Waals surface area contributed by atoms with Gasteiger partial charge in [-0.1, -0.05) is 0 Å². The van der Waals surface area contributed by atoms with Gasteiger partial charge in [-0.15, -0.1) is 0 Å². The van der Waals surface area contributed by atoms with Gasteiger partial charge in [0.1, 0.15) is 6.04 Å². The fourth-order valence-corrected chi connectivity index (χ4v) is 3.99. The van der Waals surface area contributed by atoms with Crippen LogP contribution in [0.1, 0.15) is 28.8 Å². The van der Waals surface area contributed by atoms with Crippen LogP contribution in [0, 0.1) is 0 Å². The lowest BCUT2D eigenvalue weighted by atomic mass is 10.1. The van der Waals surface area contributed by atoms with Crippen molar-refractivity contribution >= 4 is 21.7 Å². The van der Waals surface area contributed by atoms with Gasteiger partial charge in [-0.3, -0.25) is 9.59 Å². The fourth-order valence-electron chi connectivity index (χ4n) is 2.78. The number of carbonyl (C=O) groups is 2. The molecule has 1 aromatic rings. The Kier molecular flexibility index (Phi) is 7.05. The molecule has 1 aromatic carbocycles. The lowest BCUT2D eigenvalue weighted by Gasteiger charge is -2.30. The molecule has 0 unspecified atom stereocenters. The lowest BCUT2D eigenvalue weighted by Crippen LogP contribution is -2.53. The van der Waals surface area contributed by atoms with Crippen molar-refractivity contribution in [2.45, 2.75) is 25.1 Å². The summed E-state index contributed by atoms with van der Waals surface area (Å²) in [5.41, 5.74) is 4.57. The van der Waals surface area contributed by atoms with Gasteiger partial charge in [-0.25, -0.2) is 8.42 Å². The van der Waals surface area contributed by atoms with E-state index >= 15 is 0 Å². The highest BCUT2D eigenvalue weighted by atomic mass is 32.2. The van der Waals surface area contributed by atoms with E-state index in [0.29, 0.717) is 6.42 Å². The molecule has 28 heavy (non-hydrogen) atoms. The maximum absolute atomic E-state index is 12.7. The normalized spacial score (nSPS) is 17.8. The van der Waals surface area contributed by atoms with Crippen LogP contribution in [0.5, 0.6) is 0 Å². The second kappa shape index (κ2) is 8.91. The predicted molar refractivity (Wildman–Crippen MR) is 96.2 cm³/mol. The van der Waals surface area contributed by atoms with E-state index in [1.165, 1.54) is 4.90 Å². The van der Waals surface area contributed by atoms with Gasteiger partial charge in [0.05, 0.1) is 17.1 Å². The van der Waals surface area contributed by atoms with E-state index < -0.39 is 39.4 Å². The number of nitrogens with one attached hydrogen (secondary N) is 1. The molecular formula is C17H22F3N3O4S. The number of hydrogen-bond donors (Lipinski definition) is 2. The molecule has 2 amide bonds. The molecule has 2 rings (SSSR count). The summed E-state index contributed by atoms with van der Waals surface area (Å²) in [4.78, 5) is 26.4. The highest BCUT2D eigenvalue weighted by Crippen LogP contribution is 2.29. The Morgan fingerprint density at radius 2 is 1.71 bits per heavy atom. The molecule has 0 aliphatic carbocycles. The number of alkyl halides is 3. The highest BCUT2D eigenvalue weighted by Gasteiger charge is 2.32. The summed E-state index contributed by atoms with van der Waals surface area (Å²) in [6.07, 6.45) is -3.83. The van der Waals surface area contributed by atoms with Crippen molar-refractivity contribution in [3.63, 3.8) is 0 Å². The van der Waals surface area contributed by atoms with Gasteiger partial charge in [-0.05, 0) is 43.7 Å². The zero-order valence-electron chi connectivity index (χ0n) is 15.0. The molecule has 156 valence electrons. The average Bonchev–Trinajstić information content (AvgIpc) is 2.63. The zero-order chi connectivity index (χ0) is 20.9. The van der Waals surface area contributed by atoms with Gasteiger partial charge < -0.3 is 16.0 Å². The minimum atomic E-state index is -4.51. The number of rotatable bonds is 6. The largest absolute Gasteiger partial charge is 0.416 e. The third-order valence-corrected chi connectivity index (χ3v) is 6.04. The molecule has 0 bridgehead atoms. The van der Waals surface area contributed by atoms with Crippen LogP contribution >= 0.6 is 0 Å². The smallest absolute Gasteiger partial charge is 0.340 e. The maximum atomic E-state index is 12.7. The van der Waals surface area contributed by atoms with Crippen molar-refractivity contribution in [2.75, 3.05) is 31.1 Å². The number of nitrogens with zero attached hydrogens (tertiary/aromatic N) is 1. The molecule has 1 aliphatic heterocycles. The summed E-state index contributed by atoms with van der Waals surface area (Å²) in [6, 6.07) is 2.73. The molecule has 11 heteroatoms. The Balaban J connectivity index is 2.08. The summed E-state index contributed by atoms with van der Waals surface area (Å²) in [5.74, 6) is -1.40. The van der Waals surface area contributed by atoms with Crippen molar-refractivity contribution < 1.29 is 31.2 Å². The Morgan fingerprint density at radius 1 is 1.14 bits per heavy atom. The number of hydrogen-bond acceptors (Lipinski definition) is 5. The Morgan fingerprint density at radius 3 is 2.21 bits per heavy atom. The van der Waals surface area contributed by atoms with Crippen molar-refractivity contribution in [1.29, 1.82) is 0 Å². The summed E-state index contributed by atoms with van der Waals surface area (Å²) < 4.78 is 60.9. The van der Waals surface area contributed by atoms with E-state index in [1.54, 1.807) is 0 Å². The van der Waals surface area contributed by atoms with E-state index in [0.717, 1.165) is 24.3 Å². The molecule has 1 fully saturated rings. The van der Waals surface area contributed by atoms with Crippen LogP contribution in [0.15, 0.2) is 24.3 Å². The fraction of sp³-hybridized carbons (Fsp3) is 0.529. The molecule has 0 radical (unpaired) electrons. The number of sulfone groups is 1. The Bertz CT molecular complexity index is 796. The van der Waals surface area contributed by atoms with Crippen molar-refractivity contribution in [3.05, 3.63) is 35.4 Å². The lowest BCUT2D eigenvalue weighted by molar-refractivity contribution is -0.137. The van der Waals surface area contributed by atoms with Crippen LogP contribution in [-0.2, 0) is 20.8 Å². The van der Waals surface area contributed by atoms with E-state index in [9.17, 15) is 31.2 Å². The highest BCUT2D eigenvalue weighted by molar-refractivity contribution is 7.91. The van der Waals surface area contributed by atoms with Gasteiger partial charge in [0.25, 0.3) is 5.91 Å². The van der Waals surface area contributed by atoms with Gasteiger partial charge in [-0.2, -0.15) is 13.2 Å². The molecule has 1 aliphatic rings. The summed E-state index contributed by atoms with van der Waals surface area (Å²) in [6.45, 7) is 0.362. The average molecular weight is 421 g/mol. The monoisotopic (exact) mass is 421 g/mol. The van der Waals surface area contributed by atoms with E-state index in [-0.39, 0.29) is 43.1 Å². The molecule has 1 atom stereocenters. The second-order valence-corrected chi connectivity index (χ2v) is 8.81. The van der Waals surface area contributed by atoms with Gasteiger partial charge in [0, 0.05) is 18.7 Å². The SMILES string of the molecule is NCCC[C@H](NC(=O)c1ccc(C(F)(F)F)cc1)C(=O)N1CCS(=O)(=O)CC1. The minimum absolute atomic E-state index is 0.0141. The Labute approximate surface area is 161 Å². The number of benzene rings is 1. The molecule has 1 heterocycles. The summed E-state index contributed by atoms with van der Waals surface area (Å²) in [7, 11) is -3.17. The number of amides is 2. The first-order valence-corrected chi connectivity index (χ1v) is 10.5. The summed E-state index contributed by atoms with van der Waals surface area (Å²) >= 11 is 0. The van der Waals surface area contributed by atoms with Crippen molar-refractivity contribution in [3.8, 4) is 0 Å². The molecule has 1 saturated heterocycles. The molecule has 3 N–H and O–H groups in total. The number of nitrogens with two attached hydrogens (primary N) is 1. The molecule has 0 saturated carbocycles. The third-order valence-electron chi connectivity index (χ3n) is 4.43. The predicted octanol–water partition coefficient (Wildman–Crippen LogP) is 0.800. The van der Waals surface area contributed by atoms with Crippen molar-refractivity contribution in [2.24, 2.45) is 5.73 Å². The molecular weight excluding hydrogens is 399 g/mol. The van der Waals surface area contributed by atoms with Crippen LogP contribution in [0.25, 0.3) is 0 Å². The van der Waals surface area contributed by atoms with E-state index in [4.69, 9.17) is 5.73 Å². The van der Waals surface area contributed by atoms with E-state index in [1.807, 2.05) is 0 Å². The Hall–Kier alpha value is -2.14. The zero-order valence-corrected chi connectivity index (χ0v) is 15.9. The molecule has 0 aromatic heterocycles. The minimum Gasteiger partial charge on any atom is -0.340 e. The third kappa shape index (κ3) is 5.93. The van der Waals surface area contributed by atoms with Gasteiger partial charge in [0.15, 0.2) is 9.84 Å². The van der Waals surface area contributed by atoms with Crippen LogP contribution in [0.4, 0.5) is 13.2 Å². The number of halogens is 3. The standard InChI is InChI=1S/C17H22F3N3O4S/c18-17(19,20)13-5-3-12(4-6-13)15(24)22-14(2-1-7-21)16(25)23-8-10-28(26,27)11-9-23/h3-6,14H,1-2,7-11,21H2,(H,22,24)/t14-/m0/s1. The van der Waals surface area contributed by atoms with Crippen molar-refractivity contribution in [1.82, 2.24) is 10.2 Å². The van der Waals surface area contributed by atoms with Crippen LogP contribution in [-0.4, -0.2) is 62.3 Å². The summed E-state index contributed by atoms with van der Waals surface area (Å²) in [5, 5.41) is 2.53. The van der Waals surface area contributed by atoms with Crippen LogP contribution in [0.2, 0.25) is 0 Å². The topological polar surface area (TPSA) is 110 Å². The van der Waals surface area contributed by atoms with Crippen LogP contribution in [0.3, 0.4) is 0 Å². The molecule has 0 spiro atoms. The van der Waals surface area contributed by atoms with Gasteiger partial charge in [0.2, 0.25) is 5.91 Å². The molecule has 7 nitrogen and oxygen atoms in total. The first-order valence-electron chi connectivity index (χ1n) is 8.71. The maximum Gasteiger partial charge on any atom is 0.416 e. The second-order valence-electron chi connectivity index (χ2n) is 6.51. The first-order chi connectivity index (χ1) is 13.0. The van der Waals surface area contributed by atoms with Crippen LogP contribution < -0.4 is 11.1 Å². The first kappa shape index (κ1) is 22.2. The quantitative estimate of drug-likeness (QED) is 0.706. The number of carbonyl (C=O) groups excluding carboxylic acids is 2. The van der Waals surface area contributed by atoms with Gasteiger partial charge >= 0.3 is 6.18 Å². The van der Waals surface area contributed by atoms with E-state index in [2.05, 4.69) is 5.32 Å².